The van der Waals surface area contributed by atoms with Crippen LogP contribution < -0.4 is 14.9 Å². The van der Waals surface area contributed by atoms with E-state index in [4.69, 9.17) is 9.47 Å². The van der Waals surface area contributed by atoms with E-state index in [9.17, 15) is 14.7 Å². The molecule has 0 heterocycles. The van der Waals surface area contributed by atoms with Crippen molar-refractivity contribution >= 4 is 18.1 Å². The summed E-state index contributed by atoms with van der Waals surface area (Å²) in [5.41, 5.74) is 3.59. The average molecular weight is 418 g/mol. The number of nitrogens with zero attached hydrogens (tertiary/aromatic N) is 1. The van der Waals surface area contributed by atoms with Crippen molar-refractivity contribution in [1.29, 1.82) is 0 Å². The summed E-state index contributed by atoms with van der Waals surface area (Å²) in [6.45, 7) is 2.65. The Bertz CT molecular complexity index is 1060. The molecule has 7 heteroatoms. The minimum atomic E-state index is -0.522. The van der Waals surface area contributed by atoms with Gasteiger partial charge >= 0.3 is 5.97 Å². The van der Waals surface area contributed by atoms with Gasteiger partial charge in [0.15, 0.2) is 0 Å². The Balaban J connectivity index is 1.53. The van der Waals surface area contributed by atoms with Crippen LogP contribution in [0.4, 0.5) is 0 Å². The van der Waals surface area contributed by atoms with Crippen LogP contribution in [0.15, 0.2) is 77.9 Å². The molecule has 0 spiro atoms. The number of benzene rings is 3. The van der Waals surface area contributed by atoms with Gasteiger partial charge in [-0.05, 0) is 72.6 Å². The van der Waals surface area contributed by atoms with Crippen LogP contribution in [0.25, 0.3) is 0 Å². The summed E-state index contributed by atoms with van der Waals surface area (Å²) in [6, 6.07) is 19.6. The minimum Gasteiger partial charge on any atom is -0.507 e. The molecule has 0 saturated carbocycles. The monoisotopic (exact) mass is 418 g/mol. The van der Waals surface area contributed by atoms with Crippen molar-refractivity contribution in [2.75, 3.05) is 6.61 Å². The minimum absolute atomic E-state index is 0.121. The largest absolute Gasteiger partial charge is 0.507 e. The van der Waals surface area contributed by atoms with Crippen molar-refractivity contribution in [2.24, 2.45) is 5.10 Å². The van der Waals surface area contributed by atoms with E-state index in [1.807, 2.05) is 6.92 Å². The second-order valence-electron chi connectivity index (χ2n) is 6.55. The van der Waals surface area contributed by atoms with E-state index < -0.39 is 11.9 Å². The molecular weight excluding hydrogens is 396 g/mol. The number of phenolic OH excluding ortho intramolecular Hbond substituents is 1. The highest BCUT2D eigenvalue weighted by Gasteiger charge is 2.10. The fourth-order valence-electron chi connectivity index (χ4n) is 2.59. The lowest BCUT2D eigenvalue weighted by Crippen LogP contribution is -2.17. The van der Waals surface area contributed by atoms with E-state index >= 15 is 0 Å². The van der Waals surface area contributed by atoms with Gasteiger partial charge in [-0.2, -0.15) is 5.10 Å². The molecule has 0 aliphatic rings. The van der Waals surface area contributed by atoms with Gasteiger partial charge < -0.3 is 14.6 Å². The van der Waals surface area contributed by atoms with Crippen LogP contribution in [0.5, 0.6) is 17.2 Å². The third-order valence-electron chi connectivity index (χ3n) is 4.18. The van der Waals surface area contributed by atoms with E-state index in [0.717, 1.165) is 6.42 Å². The number of hydrazone groups is 1. The Hall–Kier alpha value is -4.13. The molecule has 0 unspecified atom stereocenters. The van der Waals surface area contributed by atoms with Crippen molar-refractivity contribution < 1.29 is 24.2 Å². The number of carbonyl (C=O) groups is 2. The third-order valence-corrected chi connectivity index (χ3v) is 4.18. The molecule has 0 bridgehead atoms. The molecule has 7 nitrogen and oxygen atoms in total. The zero-order valence-electron chi connectivity index (χ0n) is 16.9. The number of phenols is 1. The highest BCUT2D eigenvalue weighted by atomic mass is 16.5. The summed E-state index contributed by atoms with van der Waals surface area (Å²) >= 11 is 0. The molecule has 0 aromatic heterocycles. The topological polar surface area (TPSA) is 97.2 Å². The molecule has 3 rings (SSSR count). The summed E-state index contributed by atoms with van der Waals surface area (Å²) in [7, 11) is 0. The molecule has 31 heavy (non-hydrogen) atoms. The molecule has 0 saturated heterocycles. The fourth-order valence-corrected chi connectivity index (χ4v) is 2.59. The molecule has 1 amide bonds. The van der Waals surface area contributed by atoms with Crippen LogP contribution in [0.1, 0.15) is 39.6 Å². The summed E-state index contributed by atoms with van der Waals surface area (Å²) in [6.07, 6.45) is 2.35. The van der Waals surface area contributed by atoms with Gasteiger partial charge in [0.05, 0.1) is 23.9 Å². The first-order valence-electron chi connectivity index (χ1n) is 9.73. The first kappa shape index (κ1) is 21.6. The summed E-state index contributed by atoms with van der Waals surface area (Å²) in [5, 5.41) is 13.5. The standard InChI is InChI=1S/C24H22N2O5/c1-2-15-30-19-13-9-18(10-14-19)24(29)31-20-11-7-17(8-12-20)16-25-26-23(28)21-5-3-4-6-22(21)27/h3-14,16,27H,2,15H2,1H3,(H,26,28). The zero-order valence-corrected chi connectivity index (χ0v) is 16.9. The molecule has 0 aliphatic heterocycles. The lowest BCUT2D eigenvalue weighted by molar-refractivity contribution is 0.0734. The molecular formula is C24H22N2O5. The third kappa shape index (κ3) is 6.17. The number of amides is 1. The van der Waals surface area contributed by atoms with E-state index in [2.05, 4.69) is 10.5 Å². The number of hydrogen-bond donors (Lipinski definition) is 2. The van der Waals surface area contributed by atoms with Crippen LogP contribution >= 0.6 is 0 Å². The van der Waals surface area contributed by atoms with Crippen LogP contribution in [-0.4, -0.2) is 29.8 Å². The smallest absolute Gasteiger partial charge is 0.343 e. The Kier molecular flexibility index (Phi) is 7.37. The predicted molar refractivity (Wildman–Crippen MR) is 117 cm³/mol. The maximum Gasteiger partial charge on any atom is 0.343 e. The predicted octanol–water partition coefficient (Wildman–Crippen LogP) is 4.16. The van der Waals surface area contributed by atoms with Gasteiger partial charge in [0.25, 0.3) is 5.91 Å². The number of hydrogen-bond acceptors (Lipinski definition) is 6. The average Bonchev–Trinajstić information content (AvgIpc) is 2.79. The Morgan fingerprint density at radius 2 is 1.65 bits per heavy atom. The number of rotatable bonds is 8. The van der Waals surface area contributed by atoms with Crippen LogP contribution in [0.2, 0.25) is 0 Å². The van der Waals surface area contributed by atoms with Gasteiger partial charge in [-0.15, -0.1) is 0 Å². The Labute approximate surface area is 179 Å². The number of ether oxygens (including phenoxy) is 2. The molecule has 3 aromatic rings. The highest BCUT2D eigenvalue weighted by molar-refractivity contribution is 5.97. The van der Waals surface area contributed by atoms with E-state index in [1.54, 1.807) is 60.7 Å². The number of esters is 1. The fraction of sp³-hybridized carbons (Fsp3) is 0.125. The first-order valence-corrected chi connectivity index (χ1v) is 9.73. The van der Waals surface area contributed by atoms with E-state index in [1.165, 1.54) is 18.3 Å². The Morgan fingerprint density at radius 1 is 0.968 bits per heavy atom. The molecule has 2 N–H and O–H groups in total. The van der Waals surface area contributed by atoms with E-state index in [0.29, 0.717) is 29.2 Å². The SMILES string of the molecule is CCCOc1ccc(C(=O)Oc2ccc(C=NNC(=O)c3ccccc3O)cc2)cc1. The number of nitrogens with one attached hydrogen (secondary N) is 1. The maximum atomic E-state index is 12.3. The van der Waals surface area contributed by atoms with Gasteiger partial charge in [0.1, 0.15) is 17.2 Å². The lowest BCUT2D eigenvalue weighted by atomic mass is 10.2. The first-order chi connectivity index (χ1) is 15.1. The van der Waals surface area contributed by atoms with Gasteiger partial charge in [-0.1, -0.05) is 19.1 Å². The highest BCUT2D eigenvalue weighted by Crippen LogP contribution is 2.17. The molecule has 3 aromatic carbocycles. The molecule has 0 atom stereocenters. The normalized spacial score (nSPS) is 10.6. The molecule has 0 aliphatic carbocycles. The Morgan fingerprint density at radius 3 is 2.32 bits per heavy atom. The van der Waals surface area contributed by atoms with Crippen molar-refractivity contribution in [1.82, 2.24) is 5.43 Å². The van der Waals surface area contributed by atoms with Gasteiger partial charge in [0.2, 0.25) is 0 Å². The lowest BCUT2D eigenvalue weighted by Gasteiger charge is -2.07. The quantitative estimate of drug-likeness (QED) is 0.248. The van der Waals surface area contributed by atoms with E-state index in [-0.39, 0.29) is 11.3 Å². The number of carbonyl (C=O) groups excluding carboxylic acids is 2. The molecule has 0 fully saturated rings. The summed E-state index contributed by atoms with van der Waals surface area (Å²) < 4.78 is 10.9. The number of aromatic hydroxyl groups is 1. The second kappa shape index (κ2) is 10.6. The van der Waals surface area contributed by atoms with Crippen LogP contribution in [-0.2, 0) is 0 Å². The van der Waals surface area contributed by atoms with Crippen molar-refractivity contribution in [2.45, 2.75) is 13.3 Å². The van der Waals surface area contributed by atoms with Crippen molar-refractivity contribution in [3.8, 4) is 17.2 Å². The summed E-state index contributed by atoms with van der Waals surface area (Å²) in [5.74, 6) is -0.0304. The van der Waals surface area contributed by atoms with Gasteiger partial charge in [-0.3, -0.25) is 4.79 Å². The van der Waals surface area contributed by atoms with Crippen LogP contribution in [0, 0.1) is 0 Å². The number of para-hydroxylation sites is 1. The summed E-state index contributed by atoms with van der Waals surface area (Å²) in [4.78, 5) is 24.3. The van der Waals surface area contributed by atoms with Crippen molar-refractivity contribution in [3.05, 3.63) is 89.5 Å². The van der Waals surface area contributed by atoms with Crippen molar-refractivity contribution in [3.63, 3.8) is 0 Å². The van der Waals surface area contributed by atoms with Gasteiger partial charge in [0, 0.05) is 0 Å². The molecule has 158 valence electrons. The molecule has 0 radical (unpaired) electrons. The second-order valence-corrected chi connectivity index (χ2v) is 6.55. The van der Waals surface area contributed by atoms with Gasteiger partial charge in [-0.25, -0.2) is 10.2 Å². The van der Waals surface area contributed by atoms with Crippen LogP contribution in [0.3, 0.4) is 0 Å². The maximum absolute atomic E-state index is 12.3. The zero-order chi connectivity index (χ0) is 22.1.